The molecule has 0 heterocycles. The van der Waals surface area contributed by atoms with Gasteiger partial charge >= 0.3 is 0 Å². The molecule has 1 aliphatic rings. The lowest BCUT2D eigenvalue weighted by Gasteiger charge is -2.15. The van der Waals surface area contributed by atoms with Crippen molar-refractivity contribution >= 4 is 25.8 Å². The second kappa shape index (κ2) is 3.73. The van der Waals surface area contributed by atoms with E-state index in [1.54, 1.807) is 0 Å². The van der Waals surface area contributed by atoms with E-state index in [4.69, 9.17) is 0 Å². The van der Waals surface area contributed by atoms with Gasteiger partial charge in [-0.1, -0.05) is 15.9 Å². The Bertz CT molecular complexity index is 583. The van der Waals surface area contributed by atoms with Crippen LogP contribution >= 0.6 is 15.9 Å². The number of rotatable bonds is 1. The van der Waals surface area contributed by atoms with Crippen LogP contribution in [-0.2, 0) is 16.3 Å². The van der Waals surface area contributed by atoms with Gasteiger partial charge in [0.05, 0.1) is 4.90 Å². The number of hydrogen-bond acceptors (Lipinski definition) is 3. The van der Waals surface area contributed by atoms with E-state index in [-0.39, 0.29) is 16.0 Å². The third-order valence-corrected chi connectivity index (χ3v) is 4.64. The van der Waals surface area contributed by atoms with E-state index in [0.29, 0.717) is 4.47 Å². The largest absolute Gasteiger partial charge is 0.382 e. The van der Waals surface area contributed by atoms with Crippen molar-refractivity contribution in [2.45, 2.75) is 23.3 Å². The molecule has 0 saturated heterocycles. The summed E-state index contributed by atoms with van der Waals surface area (Å²) in [6.45, 7) is 0. The van der Waals surface area contributed by atoms with Crippen LogP contribution < -0.4 is 0 Å². The van der Waals surface area contributed by atoms with Gasteiger partial charge in [-0.3, -0.25) is 0 Å². The summed E-state index contributed by atoms with van der Waals surface area (Å²) in [6, 6.07) is 2.63. The Hall–Kier alpha value is -0.530. The van der Waals surface area contributed by atoms with Crippen molar-refractivity contribution in [2.24, 2.45) is 0 Å². The number of halogens is 3. The molecule has 0 spiro atoms. The zero-order chi connectivity index (χ0) is 13.0. The number of aliphatic hydroxyl groups is 1. The zero-order valence-corrected chi connectivity index (χ0v) is 11.1. The van der Waals surface area contributed by atoms with Crippen molar-refractivity contribution in [1.82, 2.24) is 0 Å². The van der Waals surface area contributed by atoms with Gasteiger partial charge in [0.25, 0.3) is 5.92 Å². The Kier molecular flexibility index (Phi) is 2.83. The molecule has 0 unspecified atom stereocenters. The monoisotopic (exact) mass is 326 g/mol. The number of benzene rings is 1. The molecule has 1 atom stereocenters. The number of aliphatic hydroxyl groups excluding tert-OH is 1. The maximum Gasteiger partial charge on any atom is 0.281 e. The zero-order valence-electron chi connectivity index (χ0n) is 8.75. The standard InChI is InChI=1S/C10H9BrF2O3S/c1-17(15,16)7-3-2-6(11)5-4-10(12,13)9(14)8(5)7/h2-3,9,14H,4H2,1H3/t9-/m0/s1. The summed E-state index contributed by atoms with van der Waals surface area (Å²) in [5.74, 6) is -3.33. The third kappa shape index (κ3) is 2.00. The summed E-state index contributed by atoms with van der Waals surface area (Å²) in [7, 11) is -3.64. The molecule has 3 nitrogen and oxygen atoms in total. The second-order valence-corrected chi connectivity index (χ2v) is 6.89. The first-order valence-corrected chi connectivity index (χ1v) is 7.40. The Morgan fingerprint density at radius 2 is 2.06 bits per heavy atom. The molecular formula is C10H9BrF2O3S. The molecule has 1 aromatic carbocycles. The van der Waals surface area contributed by atoms with Gasteiger partial charge < -0.3 is 5.11 Å². The molecule has 7 heteroatoms. The van der Waals surface area contributed by atoms with Gasteiger partial charge in [-0.25, -0.2) is 17.2 Å². The Balaban J connectivity index is 2.77. The van der Waals surface area contributed by atoms with E-state index in [0.717, 1.165) is 6.26 Å². The molecule has 17 heavy (non-hydrogen) atoms. The number of fused-ring (bicyclic) bond motifs is 1. The van der Waals surface area contributed by atoms with Crippen LogP contribution in [-0.4, -0.2) is 25.7 Å². The molecular weight excluding hydrogens is 318 g/mol. The van der Waals surface area contributed by atoms with E-state index < -0.39 is 28.3 Å². The fourth-order valence-electron chi connectivity index (χ4n) is 1.96. The fourth-order valence-corrected chi connectivity index (χ4v) is 3.40. The van der Waals surface area contributed by atoms with E-state index in [9.17, 15) is 22.3 Å². The van der Waals surface area contributed by atoms with Gasteiger partial charge in [-0.05, 0) is 17.7 Å². The predicted octanol–water partition coefficient (Wildman–Crippen LogP) is 2.08. The van der Waals surface area contributed by atoms with Crippen LogP contribution in [0.2, 0.25) is 0 Å². The number of sulfone groups is 1. The molecule has 0 amide bonds. The molecule has 0 radical (unpaired) electrons. The lowest BCUT2D eigenvalue weighted by atomic mass is 10.1. The van der Waals surface area contributed by atoms with Gasteiger partial charge in [0.1, 0.15) is 6.10 Å². The van der Waals surface area contributed by atoms with Gasteiger partial charge in [-0.2, -0.15) is 0 Å². The fraction of sp³-hybridized carbons (Fsp3) is 0.400. The lowest BCUT2D eigenvalue weighted by Crippen LogP contribution is -2.22. The molecule has 0 aromatic heterocycles. The van der Waals surface area contributed by atoms with Crippen molar-refractivity contribution in [3.63, 3.8) is 0 Å². The highest BCUT2D eigenvalue weighted by Crippen LogP contribution is 2.47. The normalized spacial score (nSPS) is 22.5. The van der Waals surface area contributed by atoms with Gasteiger partial charge in [0, 0.05) is 22.7 Å². The lowest BCUT2D eigenvalue weighted by molar-refractivity contribution is -0.0976. The van der Waals surface area contributed by atoms with Gasteiger partial charge in [0.2, 0.25) is 0 Å². The summed E-state index contributed by atoms with van der Waals surface area (Å²) in [4.78, 5) is -0.236. The molecule has 0 saturated carbocycles. The summed E-state index contributed by atoms with van der Waals surface area (Å²) in [6.07, 6.45) is -1.80. The highest BCUT2D eigenvalue weighted by Gasteiger charge is 2.49. The Labute approximate surface area is 106 Å². The SMILES string of the molecule is CS(=O)(=O)c1ccc(Br)c2c1[C@H](O)C(F)(F)C2. The van der Waals surface area contributed by atoms with Crippen LogP contribution in [0.3, 0.4) is 0 Å². The maximum absolute atomic E-state index is 13.4. The summed E-state index contributed by atoms with van der Waals surface area (Å²) < 4.78 is 50.2. The van der Waals surface area contributed by atoms with E-state index >= 15 is 0 Å². The van der Waals surface area contributed by atoms with Gasteiger partial charge in [-0.15, -0.1) is 0 Å². The first-order valence-electron chi connectivity index (χ1n) is 4.72. The van der Waals surface area contributed by atoms with Crippen LogP contribution in [0.5, 0.6) is 0 Å². The minimum Gasteiger partial charge on any atom is -0.382 e. The van der Waals surface area contributed by atoms with Crippen LogP contribution in [0.4, 0.5) is 8.78 Å². The average molecular weight is 327 g/mol. The molecule has 2 rings (SSSR count). The molecule has 1 aliphatic carbocycles. The number of alkyl halides is 2. The minimum atomic E-state index is -3.64. The van der Waals surface area contributed by atoms with Crippen molar-refractivity contribution in [2.75, 3.05) is 6.26 Å². The van der Waals surface area contributed by atoms with E-state index in [2.05, 4.69) is 15.9 Å². The highest BCUT2D eigenvalue weighted by atomic mass is 79.9. The average Bonchev–Trinajstić information content (AvgIpc) is 2.39. The van der Waals surface area contributed by atoms with E-state index in [1.165, 1.54) is 12.1 Å². The van der Waals surface area contributed by atoms with Crippen LogP contribution in [0.1, 0.15) is 17.2 Å². The summed E-state index contributed by atoms with van der Waals surface area (Å²) in [5.41, 5.74) is -0.0303. The van der Waals surface area contributed by atoms with Crippen molar-refractivity contribution < 1.29 is 22.3 Å². The molecule has 1 N–H and O–H groups in total. The molecule has 0 bridgehead atoms. The first kappa shape index (κ1) is 12.9. The molecule has 0 fully saturated rings. The first-order chi connectivity index (χ1) is 7.64. The van der Waals surface area contributed by atoms with Crippen LogP contribution in [0.15, 0.2) is 21.5 Å². The topological polar surface area (TPSA) is 54.4 Å². The summed E-state index contributed by atoms with van der Waals surface area (Å²) in [5, 5.41) is 9.54. The third-order valence-electron chi connectivity index (χ3n) is 2.75. The highest BCUT2D eigenvalue weighted by molar-refractivity contribution is 9.10. The Morgan fingerprint density at radius 3 is 2.59 bits per heavy atom. The quantitative estimate of drug-likeness (QED) is 0.859. The number of hydrogen-bond donors (Lipinski definition) is 1. The molecule has 94 valence electrons. The van der Waals surface area contributed by atoms with Crippen molar-refractivity contribution in [3.8, 4) is 0 Å². The summed E-state index contributed by atoms with van der Waals surface area (Å²) >= 11 is 3.09. The minimum absolute atomic E-state index is 0.158. The predicted molar refractivity (Wildman–Crippen MR) is 60.9 cm³/mol. The van der Waals surface area contributed by atoms with Crippen LogP contribution in [0, 0.1) is 0 Å². The smallest absolute Gasteiger partial charge is 0.281 e. The van der Waals surface area contributed by atoms with Crippen LogP contribution in [0.25, 0.3) is 0 Å². The Morgan fingerprint density at radius 1 is 1.47 bits per heavy atom. The van der Waals surface area contributed by atoms with Gasteiger partial charge in [0.15, 0.2) is 9.84 Å². The van der Waals surface area contributed by atoms with Crippen molar-refractivity contribution in [1.29, 1.82) is 0 Å². The maximum atomic E-state index is 13.4. The molecule has 1 aromatic rings. The molecule has 0 aliphatic heterocycles. The van der Waals surface area contributed by atoms with E-state index in [1.807, 2.05) is 0 Å². The second-order valence-electron chi connectivity index (χ2n) is 4.05. The van der Waals surface area contributed by atoms with Crippen molar-refractivity contribution in [3.05, 3.63) is 27.7 Å².